The third kappa shape index (κ3) is 2.57. The van der Waals surface area contributed by atoms with E-state index in [4.69, 9.17) is 0 Å². The normalized spacial score (nSPS) is 21.7. The van der Waals surface area contributed by atoms with E-state index in [1.807, 2.05) is 0 Å². The topological polar surface area (TPSA) is 59.1 Å². The van der Waals surface area contributed by atoms with E-state index in [0.717, 1.165) is 5.41 Å². The van der Waals surface area contributed by atoms with Gasteiger partial charge in [-0.15, -0.1) is 0 Å². The van der Waals surface area contributed by atoms with Gasteiger partial charge in [0.1, 0.15) is 0 Å². The first kappa shape index (κ1) is 11.9. The SMILES string of the molecule is O=S1(=O)C=CC(Nc2nc(F)c(F)cc2F)C1. The predicted molar refractivity (Wildman–Crippen MR) is 54.4 cm³/mol. The zero-order valence-corrected chi connectivity index (χ0v) is 9.14. The van der Waals surface area contributed by atoms with Crippen LogP contribution in [-0.4, -0.2) is 25.2 Å². The quantitative estimate of drug-likeness (QED) is 0.816. The molecule has 1 aliphatic rings. The highest BCUT2D eigenvalue weighted by atomic mass is 32.2. The lowest BCUT2D eigenvalue weighted by molar-refractivity contribution is 0.466. The van der Waals surface area contributed by atoms with E-state index in [-0.39, 0.29) is 5.75 Å². The van der Waals surface area contributed by atoms with Gasteiger partial charge in [-0.3, -0.25) is 0 Å². The van der Waals surface area contributed by atoms with Crippen molar-refractivity contribution in [1.82, 2.24) is 4.98 Å². The summed E-state index contributed by atoms with van der Waals surface area (Å²) in [5, 5.41) is 3.35. The van der Waals surface area contributed by atoms with Gasteiger partial charge in [-0.2, -0.15) is 9.37 Å². The molecule has 2 rings (SSSR count). The summed E-state index contributed by atoms with van der Waals surface area (Å²) in [6, 6.07) is -0.357. The molecule has 0 saturated heterocycles. The molecule has 1 aliphatic heterocycles. The number of anilines is 1. The summed E-state index contributed by atoms with van der Waals surface area (Å²) >= 11 is 0. The van der Waals surface area contributed by atoms with Gasteiger partial charge in [0.15, 0.2) is 27.3 Å². The van der Waals surface area contributed by atoms with Gasteiger partial charge in [0.05, 0.1) is 11.8 Å². The van der Waals surface area contributed by atoms with E-state index in [9.17, 15) is 21.6 Å². The molecule has 0 saturated carbocycles. The zero-order valence-electron chi connectivity index (χ0n) is 8.32. The van der Waals surface area contributed by atoms with Crippen molar-refractivity contribution in [3.8, 4) is 0 Å². The Hall–Kier alpha value is -1.57. The van der Waals surface area contributed by atoms with E-state index < -0.39 is 39.3 Å². The lowest BCUT2D eigenvalue weighted by Crippen LogP contribution is -2.22. The van der Waals surface area contributed by atoms with Crippen LogP contribution in [0.4, 0.5) is 19.0 Å². The van der Waals surface area contributed by atoms with Crippen LogP contribution in [0, 0.1) is 17.6 Å². The number of nitrogens with one attached hydrogen (secondary N) is 1. The van der Waals surface area contributed by atoms with Crippen molar-refractivity contribution in [3.63, 3.8) is 0 Å². The van der Waals surface area contributed by atoms with Gasteiger partial charge < -0.3 is 5.32 Å². The van der Waals surface area contributed by atoms with Gasteiger partial charge >= 0.3 is 0 Å². The Kier molecular flexibility index (Phi) is 2.82. The number of pyridine rings is 1. The van der Waals surface area contributed by atoms with Gasteiger partial charge in [0.25, 0.3) is 5.95 Å². The average Bonchev–Trinajstić information content (AvgIpc) is 2.54. The Morgan fingerprint density at radius 1 is 1.29 bits per heavy atom. The maximum Gasteiger partial charge on any atom is 0.251 e. The van der Waals surface area contributed by atoms with Crippen LogP contribution >= 0.6 is 0 Å². The number of rotatable bonds is 2. The molecule has 8 heteroatoms. The molecule has 1 aromatic heterocycles. The molecule has 1 N–H and O–H groups in total. The van der Waals surface area contributed by atoms with Crippen molar-refractivity contribution in [2.45, 2.75) is 6.04 Å². The van der Waals surface area contributed by atoms with Crippen molar-refractivity contribution in [2.75, 3.05) is 11.1 Å². The van der Waals surface area contributed by atoms with Gasteiger partial charge in [-0.05, 0) is 6.08 Å². The molecule has 0 spiro atoms. The van der Waals surface area contributed by atoms with Crippen LogP contribution < -0.4 is 5.32 Å². The molecule has 0 aliphatic carbocycles. The number of sulfone groups is 1. The molecule has 0 radical (unpaired) electrons. The summed E-state index contributed by atoms with van der Waals surface area (Å²) in [5.41, 5.74) is 0. The molecule has 92 valence electrons. The van der Waals surface area contributed by atoms with E-state index in [2.05, 4.69) is 10.3 Å². The van der Waals surface area contributed by atoms with Crippen molar-refractivity contribution in [2.24, 2.45) is 0 Å². The Morgan fingerprint density at radius 2 is 2.00 bits per heavy atom. The van der Waals surface area contributed by atoms with E-state index in [1.165, 1.54) is 6.08 Å². The van der Waals surface area contributed by atoms with Crippen LogP contribution in [0.25, 0.3) is 0 Å². The molecular formula is C9H7F3N2O2S. The molecule has 2 heterocycles. The minimum atomic E-state index is -3.31. The Morgan fingerprint density at radius 3 is 2.59 bits per heavy atom. The lowest BCUT2D eigenvalue weighted by Gasteiger charge is -2.11. The van der Waals surface area contributed by atoms with Crippen molar-refractivity contribution in [3.05, 3.63) is 35.1 Å². The largest absolute Gasteiger partial charge is 0.360 e. The molecule has 1 aromatic rings. The highest BCUT2D eigenvalue weighted by Crippen LogP contribution is 2.18. The maximum absolute atomic E-state index is 13.2. The van der Waals surface area contributed by atoms with Crippen LogP contribution in [0.2, 0.25) is 0 Å². The fourth-order valence-corrected chi connectivity index (χ4v) is 2.62. The minimum absolute atomic E-state index is 0.271. The minimum Gasteiger partial charge on any atom is -0.360 e. The second-order valence-corrected chi connectivity index (χ2v) is 5.43. The average molecular weight is 264 g/mol. The van der Waals surface area contributed by atoms with Gasteiger partial charge in [-0.1, -0.05) is 0 Å². The van der Waals surface area contributed by atoms with E-state index >= 15 is 0 Å². The first-order chi connectivity index (χ1) is 7.87. The summed E-state index contributed by atoms with van der Waals surface area (Å²) in [6.07, 6.45) is 1.29. The summed E-state index contributed by atoms with van der Waals surface area (Å²) in [4.78, 5) is 3.03. The van der Waals surface area contributed by atoms with E-state index in [1.54, 1.807) is 0 Å². The molecule has 17 heavy (non-hydrogen) atoms. The fraction of sp³-hybridized carbons (Fsp3) is 0.222. The second-order valence-electron chi connectivity index (χ2n) is 3.50. The third-order valence-electron chi connectivity index (χ3n) is 2.14. The monoisotopic (exact) mass is 264 g/mol. The molecule has 1 unspecified atom stereocenters. The van der Waals surface area contributed by atoms with Crippen molar-refractivity contribution in [1.29, 1.82) is 0 Å². The number of hydrogen-bond acceptors (Lipinski definition) is 4. The summed E-state index contributed by atoms with van der Waals surface area (Å²) in [5.74, 6) is -4.72. The Bertz CT molecular complexity index is 586. The van der Waals surface area contributed by atoms with Gasteiger partial charge in [0.2, 0.25) is 0 Å². The fourth-order valence-electron chi connectivity index (χ4n) is 1.39. The molecule has 0 amide bonds. The number of hydrogen-bond donors (Lipinski definition) is 1. The Labute approximate surface area is 95.1 Å². The third-order valence-corrected chi connectivity index (χ3v) is 3.53. The molecule has 1 atom stereocenters. The molecule has 0 fully saturated rings. The number of nitrogens with zero attached hydrogens (tertiary/aromatic N) is 1. The van der Waals surface area contributed by atoms with Crippen LogP contribution in [0.1, 0.15) is 0 Å². The van der Waals surface area contributed by atoms with E-state index in [0.29, 0.717) is 6.07 Å². The highest BCUT2D eigenvalue weighted by Gasteiger charge is 2.23. The summed E-state index contributed by atoms with van der Waals surface area (Å²) in [6.45, 7) is 0. The van der Waals surface area contributed by atoms with Gasteiger partial charge in [0, 0.05) is 11.5 Å². The van der Waals surface area contributed by atoms with Crippen LogP contribution in [0.5, 0.6) is 0 Å². The lowest BCUT2D eigenvalue weighted by atomic mass is 10.3. The first-order valence-electron chi connectivity index (χ1n) is 4.56. The van der Waals surface area contributed by atoms with Crippen LogP contribution in [0.15, 0.2) is 17.6 Å². The summed E-state index contributed by atoms with van der Waals surface area (Å²) < 4.78 is 60.6. The highest BCUT2D eigenvalue weighted by molar-refractivity contribution is 7.94. The Balaban J connectivity index is 2.21. The molecule has 4 nitrogen and oxygen atoms in total. The van der Waals surface area contributed by atoms with Crippen molar-refractivity contribution < 1.29 is 21.6 Å². The predicted octanol–water partition coefficient (Wildman–Crippen LogP) is 1.22. The maximum atomic E-state index is 13.2. The number of halogens is 3. The van der Waals surface area contributed by atoms with Crippen molar-refractivity contribution >= 4 is 15.7 Å². The van der Waals surface area contributed by atoms with Gasteiger partial charge in [-0.25, -0.2) is 17.2 Å². The standard InChI is InChI=1S/C9H7F3N2O2S/c10-6-3-7(11)9(14-8(6)12)13-5-1-2-17(15,16)4-5/h1-3,5H,4H2,(H,13,14). The summed E-state index contributed by atoms with van der Waals surface area (Å²) in [7, 11) is -3.31. The molecular weight excluding hydrogens is 257 g/mol. The van der Waals surface area contributed by atoms with Crippen LogP contribution in [-0.2, 0) is 9.84 Å². The zero-order chi connectivity index (χ0) is 12.6. The molecule has 0 aromatic carbocycles. The number of aromatic nitrogens is 1. The van der Waals surface area contributed by atoms with Crippen LogP contribution in [0.3, 0.4) is 0 Å². The molecule has 0 bridgehead atoms. The smallest absolute Gasteiger partial charge is 0.251 e. The first-order valence-corrected chi connectivity index (χ1v) is 6.28. The second kappa shape index (κ2) is 4.02.